The molecule has 0 radical (unpaired) electrons. The van der Waals surface area contributed by atoms with Crippen molar-refractivity contribution in [2.75, 3.05) is 0 Å². The van der Waals surface area contributed by atoms with Gasteiger partial charge in [-0.25, -0.2) is 26.3 Å². The fourth-order valence-corrected chi connectivity index (χ4v) is 4.25. The summed E-state index contributed by atoms with van der Waals surface area (Å²) in [5.41, 5.74) is -4.98. The number of hydrogen-bond acceptors (Lipinski definition) is 1. The Labute approximate surface area is 243 Å². The molecule has 0 bridgehead atoms. The molecule has 0 saturated heterocycles. The number of hydrogen-bond donors (Lipinski definition) is 0. The Kier molecular flexibility index (Phi) is 9.27. The van der Waals surface area contributed by atoms with Gasteiger partial charge in [-0.1, -0.05) is 37.3 Å². The molecule has 4 rings (SSSR count). The molecule has 0 atom stereocenters. The van der Waals surface area contributed by atoms with E-state index in [1.54, 1.807) is 0 Å². The van der Waals surface area contributed by atoms with Gasteiger partial charge in [-0.15, -0.1) is 0 Å². The molecule has 0 aliphatic carbocycles. The minimum Gasteiger partial charge on any atom is -0.429 e. The smallest absolute Gasteiger partial charge is 0.429 e. The van der Waals surface area contributed by atoms with Crippen molar-refractivity contribution in [1.29, 1.82) is 0 Å². The molecule has 0 aliphatic rings. The van der Waals surface area contributed by atoms with Gasteiger partial charge in [0.15, 0.2) is 0 Å². The molecule has 4 aromatic rings. The average molecular weight is 628 g/mol. The zero-order chi connectivity index (χ0) is 32.4. The summed E-state index contributed by atoms with van der Waals surface area (Å²) in [7, 11) is 0. The molecule has 0 aromatic heterocycles. The number of aryl methyl sites for hydroxylation is 1. The molecule has 0 fully saturated rings. The van der Waals surface area contributed by atoms with E-state index in [0.29, 0.717) is 12.8 Å². The van der Waals surface area contributed by atoms with Gasteiger partial charge in [0.05, 0.1) is 5.56 Å². The standard InChI is InChI=1S/C32H19F11O/c1-2-3-4-17-11-27(37)30(28(38)12-17)32(42,43)44-21-8-6-19(7-9-21)20-15-23(33)22(24(34)16-20)10-5-18-13-25(35)29(26(36)14-18)31(39,40)41/h6-9,11-16H,2-4H2,1H3. The van der Waals surface area contributed by atoms with Gasteiger partial charge in [-0.05, 0) is 78.1 Å². The van der Waals surface area contributed by atoms with E-state index in [-0.39, 0.29) is 28.8 Å². The van der Waals surface area contributed by atoms with Crippen LogP contribution in [0.15, 0.2) is 60.7 Å². The number of alkyl halides is 5. The maximum absolute atomic E-state index is 14.7. The van der Waals surface area contributed by atoms with Crippen LogP contribution >= 0.6 is 0 Å². The van der Waals surface area contributed by atoms with Crippen molar-refractivity contribution in [3.63, 3.8) is 0 Å². The van der Waals surface area contributed by atoms with Gasteiger partial charge in [0, 0.05) is 5.56 Å². The van der Waals surface area contributed by atoms with Crippen LogP contribution in [0.25, 0.3) is 11.1 Å². The van der Waals surface area contributed by atoms with Gasteiger partial charge in [0.2, 0.25) is 0 Å². The SMILES string of the molecule is CCCCc1cc(F)c(C(F)(F)Oc2ccc(-c3cc(F)c(C#Cc4cc(F)c(C(F)(F)F)c(F)c4)c(F)c3)cc2)c(F)c1. The van der Waals surface area contributed by atoms with E-state index in [1.165, 1.54) is 0 Å². The summed E-state index contributed by atoms with van der Waals surface area (Å²) in [4.78, 5) is 0. The number of ether oxygens (including phenoxy) is 1. The van der Waals surface area contributed by atoms with Crippen molar-refractivity contribution in [3.05, 3.63) is 123 Å². The van der Waals surface area contributed by atoms with E-state index < -0.39 is 75.2 Å². The first-order chi connectivity index (χ1) is 20.6. The first-order valence-corrected chi connectivity index (χ1v) is 12.8. The molecule has 0 saturated carbocycles. The Hall–Kier alpha value is -4.53. The highest BCUT2D eigenvalue weighted by Crippen LogP contribution is 2.37. The molecule has 0 heterocycles. The Bertz CT molecular complexity index is 1680. The lowest BCUT2D eigenvalue weighted by atomic mass is 10.0. The molecule has 12 heteroatoms. The van der Waals surface area contributed by atoms with Crippen molar-refractivity contribution in [1.82, 2.24) is 0 Å². The van der Waals surface area contributed by atoms with E-state index in [2.05, 4.69) is 4.74 Å². The first-order valence-electron chi connectivity index (χ1n) is 12.8. The lowest BCUT2D eigenvalue weighted by Gasteiger charge is -2.20. The lowest BCUT2D eigenvalue weighted by molar-refractivity contribution is -0.189. The fraction of sp³-hybridized carbons (Fsp3) is 0.188. The summed E-state index contributed by atoms with van der Waals surface area (Å²) in [6.45, 7) is 1.86. The molecular formula is C32H19F11O. The molecule has 0 unspecified atom stereocenters. The predicted molar refractivity (Wildman–Crippen MR) is 139 cm³/mol. The second kappa shape index (κ2) is 12.6. The van der Waals surface area contributed by atoms with Crippen molar-refractivity contribution >= 4 is 0 Å². The summed E-state index contributed by atoms with van der Waals surface area (Å²) in [6, 6.07) is 7.99. The van der Waals surface area contributed by atoms with E-state index in [4.69, 9.17) is 0 Å². The van der Waals surface area contributed by atoms with Gasteiger partial charge >= 0.3 is 12.3 Å². The monoisotopic (exact) mass is 628 g/mol. The molecule has 4 aromatic carbocycles. The van der Waals surface area contributed by atoms with Crippen LogP contribution in [0.5, 0.6) is 5.75 Å². The fourth-order valence-electron chi connectivity index (χ4n) is 4.25. The minimum absolute atomic E-state index is 0.0995. The number of rotatable bonds is 7. The highest BCUT2D eigenvalue weighted by Gasteiger charge is 2.41. The van der Waals surface area contributed by atoms with Gasteiger partial charge in [0.1, 0.15) is 51.8 Å². The van der Waals surface area contributed by atoms with E-state index >= 15 is 0 Å². The Morgan fingerprint density at radius 3 is 1.64 bits per heavy atom. The zero-order valence-electron chi connectivity index (χ0n) is 22.5. The summed E-state index contributed by atoms with van der Waals surface area (Å²) in [5, 5.41) is 0. The van der Waals surface area contributed by atoms with Crippen molar-refractivity contribution in [3.8, 4) is 28.7 Å². The van der Waals surface area contributed by atoms with Crippen molar-refractivity contribution in [2.45, 2.75) is 38.5 Å². The van der Waals surface area contributed by atoms with Crippen LogP contribution in [0.2, 0.25) is 0 Å². The van der Waals surface area contributed by atoms with Crippen LogP contribution in [0, 0.1) is 46.7 Å². The van der Waals surface area contributed by atoms with Crippen LogP contribution in [0.4, 0.5) is 48.3 Å². The van der Waals surface area contributed by atoms with Gasteiger partial charge in [-0.3, -0.25) is 0 Å². The molecule has 1 nitrogen and oxygen atoms in total. The molecule has 44 heavy (non-hydrogen) atoms. The summed E-state index contributed by atoms with van der Waals surface area (Å²) < 4.78 is 158. The third-order valence-electron chi connectivity index (χ3n) is 6.35. The Balaban J connectivity index is 1.55. The van der Waals surface area contributed by atoms with Gasteiger partial charge in [0.25, 0.3) is 0 Å². The quantitative estimate of drug-likeness (QED) is 0.146. The molecule has 0 spiro atoms. The van der Waals surface area contributed by atoms with E-state index in [0.717, 1.165) is 55.0 Å². The molecule has 0 aliphatic heterocycles. The lowest BCUT2D eigenvalue weighted by Crippen LogP contribution is -2.25. The van der Waals surface area contributed by atoms with E-state index in [1.807, 2.05) is 18.8 Å². The maximum atomic E-state index is 14.7. The number of halogens is 11. The second-order valence-corrected chi connectivity index (χ2v) is 9.56. The predicted octanol–water partition coefficient (Wildman–Crippen LogP) is 10.1. The maximum Gasteiger partial charge on any atom is 0.432 e. The highest BCUT2D eigenvalue weighted by atomic mass is 19.4. The Morgan fingerprint density at radius 1 is 0.614 bits per heavy atom. The van der Waals surface area contributed by atoms with Crippen LogP contribution in [-0.2, 0) is 18.7 Å². The normalized spacial score (nSPS) is 11.7. The van der Waals surface area contributed by atoms with Gasteiger partial charge in [-0.2, -0.15) is 22.0 Å². The van der Waals surface area contributed by atoms with E-state index in [9.17, 15) is 48.3 Å². The molecule has 0 N–H and O–H groups in total. The molecule has 230 valence electrons. The van der Waals surface area contributed by atoms with Gasteiger partial charge < -0.3 is 4.74 Å². The summed E-state index contributed by atoms with van der Waals surface area (Å²) in [5.74, 6) is -5.92. The summed E-state index contributed by atoms with van der Waals surface area (Å²) in [6.07, 6.45) is -8.08. The first kappa shape index (κ1) is 32.4. The molecular weight excluding hydrogens is 609 g/mol. The minimum atomic E-state index is -5.31. The average Bonchev–Trinajstić information content (AvgIpc) is 2.89. The highest BCUT2D eigenvalue weighted by molar-refractivity contribution is 5.66. The number of benzene rings is 4. The van der Waals surface area contributed by atoms with Crippen molar-refractivity contribution < 1.29 is 53.0 Å². The van der Waals surface area contributed by atoms with Crippen LogP contribution in [-0.4, -0.2) is 0 Å². The zero-order valence-corrected chi connectivity index (χ0v) is 22.5. The third-order valence-corrected chi connectivity index (χ3v) is 6.35. The Morgan fingerprint density at radius 2 is 1.14 bits per heavy atom. The third kappa shape index (κ3) is 7.15. The van der Waals surface area contributed by atoms with Crippen molar-refractivity contribution in [2.24, 2.45) is 0 Å². The van der Waals surface area contributed by atoms with Crippen LogP contribution < -0.4 is 4.74 Å². The number of unbranched alkanes of at least 4 members (excludes halogenated alkanes) is 1. The van der Waals surface area contributed by atoms with Crippen LogP contribution in [0.3, 0.4) is 0 Å². The van der Waals surface area contributed by atoms with Crippen LogP contribution in [0.1, 0.15) is 47.6 Å². The largest absolute Gasteiger partial charge is 0.432 e. The molecule has 0 amide bonds. The second-order valence-electron chi connectivity index (χ2n) is 9.56. The topological polar surface area (TPSA) is 9.23 Å². The summed E-state index contributed by atoms with van der Waals surface area (Å²) >= 11 is 0.